The van der Waals surface area contributed by atoms with Crippen LogP contribution in [0.5, 0.6) is 0 Å². The van der Waals surface area contributed by atoms with Crippen LogP contribution < -0.4 is 10.2 Å². The Morgan fingerprint density at radius 3 is 2.22 bits per heavy atom. The molecule has 184 valence electrons. The van der Waals surface area contributed by atoms with Crippen molar-refractivity contribution in [3.63, 3.8) is 0 Å². The Labute approximate surface area is 212 Å². The van der Waals surface area contributed by atoms with Crippen molar-refractivity contribution in [2.45, 2.75) is 4.90 Å². The minimum Gasteiger partial charge on any atom is -0.379 e. The molecule has 0 aliphatic carbocycles. The van der Waals surface area contributed by atoms with E-state index in [1.165, 1.54) is 34.6 Å². The minimum absolute atomic E-state index is 0.0344. The predicted molar refractivity (Wildman–Crippen MR) is 133 cm³/mol. The number of nitrogens with one attached hydrogen (secondary N) is 1. The summed E-state index contributed by atoms with van der Waals surface area (Å²) in [5.74, 6) is -1.49. The zero-order chi connectivity index (χ0) is 25.4. The highest BCUT2D eigenvalue weighted by atomic mass is 35.5. The largest absolute Gasteiger partial charge is 0.379 e. The number of nitrogens with zero attached hydrogens (tertiary/aromatic N) is 2. The third kappa shape index (κ3) is 4.28. The lowest BCUT2D eigenvalue weighted by atomic mass is 10.1. The second-order valence-electron chi connectivity index (χ2n) is 8.16. The van der Waals surface area contributed by atoms with Crippen LogP contribution in [0, 0.1) is 0 Å². The van der Waals surface area contributed by atoms with Gasteiger partial charge in [-0.1, -0.05) is 29.8 Å². The molecule has 0 unspecified atom stereocenters. The molecule has 0 atom stereocenters. The zero-order valence-corrected chi connectivity index (χ0v) is 20.4. The highest BCUT2D eigenvalue weighted by Gasteiger charge is 2.36. The molecule has 9 nitrogen and oxygen atoms in total. The van der Waals surface area contributed by atoms with Gasteiger partial charge in [-0.3, -0.25) is 14.4 Å². The smallest absolute Gasteiger partial charge is 0.266 e. The summed E-state index contributed by atoms with van der Waals surface area (Å²) in [5.41, 5.74) is 1.25. The van der Waals surface area contributed by atoms with Gasteiger partial charge in [0, 0.05) is 24.3 Å². The SMILES string of the molecule is O=C(Nc1ccc(Cl)c(S(=O)(=O)N2CCOCC2)c1)c1cccc(N2C(=O)c3ccccc3C2=O)c1. The maximum absolute atomic E-state index is 13.1. The molecular weight excluding hydrogens is 506 g/mol. The van der Waals surface area contributed by atoms with Crippen molar-refractivity contribution in [1.29, 1.82) is 0 Å². The molecule has 1 N–H and O–H groups in total. The van der Waals surface area contributed by atoms with E-state index in [4.69, 9.17) is 16.3 Å². The number of sulfonamides is 1. The molecule has 2 aliphatic rings. The lowest BCUT2D eigenvalue weighted by Gasteiger charge is -2.26. The second kappa shape index (κ2) is 9.47. The van der Waals surface area contributed by atoms with Gasteiger partial charge in [0.15, 0.2) is 0 Å². The van der Waals surface area contributed by atoms with Crippen LogP contribution in [-0.2, 0) is 14.8 Å². The van der Waals surface area contributed by atoms with Gasteiger partial charge in [0.05, 0.1) is 35.1 Å². The summed E-state index contributed by atoms with van der Waals surface area (Å²) in [4.78, 5) is 39.5. The minimum atomic E-state index is -3.88. The van der Waals surface area contributed by atoms with E-state index in [-0.39, 0.29) is 53.2 Å². The third-order valence-electron chi connectivity index (χ3n) is 5.94. The number of fused-ring (bicyclic) bond motifs is 1. The van der Waals surface area contributed by atoms with Crippen molar-refractivity contribution >= 4 is 50.7 Å². The molecule has 5 rings (SSSR count). The van der Waals surface area contributed by atoms with E-state index in [9.17, 15) is 22.8 Å². The van der Waals surface area contributed by atoms with Gasteiger partial charge >= 0.3 is 0 Å². The molecule has 0 bridgehead atoms. The fraction of sp³-hybridized carbons (Fsp3) is 0.160. The number of hydrogen-bond donors (Lipinski definition) is 1. The molecule has 0 spiro atoms. The van der Waals surface area contributed by atoms with Gasteiger partial charge < -0.3 is 10.1 Å². The lowest BCUT2D eigenvalue weighted by molar-refractivity contribution is 0.0730. The normalized spacial score (nSPS) is 16.2. The molecule has 3 aromatic carbocycles. The Kier molecular flexibility index (Phi) is 6.35. The topological polar surface area (TPSA) is 113 Å². The van der Waals surface area contributed by atoms with Crippen molar-refractivity contribution < 1.29 is 27.5 Å². The fourth-order valence-corrected chi connectivity index (χ4v) is 6.03. The molecular formula is C25H20ClN3O6S. The maximum atomic E-state index is 13.1. The molecule has 0 aromatic heterocycles. The van der Waals surface area contributed by atoms with Gasteiger partial charge in [-0.05, 0) is 48.5 Å². The molecule has 0 saturated carbocycles. The first kappa shape index (κ1) is 24.1. The molecule has 0 radical (unpaired) electrons. The third-order valence-corrected chi connectivity index (χ3v) is 8.32. The van der Waals surface area contributed by atoms with Crippen molar-refractivity contribution in [2.75, 3.05) is 36.5 Å². The standard InChI is InChI=1S/C25H20ClN3O6S/c26-21-9-8-17(15-22(21)36(33,34)28-10-12-35-13-11-28)27-23(30)16-4-3-5-18(14-16)29-24(31)19-6-1-2-7-20(19)25(29)32/h1-9,14-15H,10-13H2,(H,27,30). The van der Waals surface area contributed by atoms with Crippen LogP contribution in [0.25, 0.3) is 0 Å². The maximum Gasteiger partial charge on any atom is 0.266 e. The number of ether oxygens (including phenoxy) is 1. The predicted octanol–water partition coefficient (Wildman–Crippen LogP) is 3.41. The van der Waals surface area contributed by atoms with E-state index in [0.29, 0.717) is 11.1 Å². The van der Waals surface area contributed by atoms with Gasteiger partial charge in [0.2, 0.25) is 10.0 Å². The summed E-state index contributed by atoms with van der Waals surface area (Å²) in [7, 11) is -3.88. The number of benzene rings is 3. The number of amides is 3. The molecule has 2 heterocycles. The van der Waals surface area contributed by atoms with E-state index in [1.807, 2.05) is 0 Å². The van der Waals surface area contributed by atoms with Crippen molar-refractivity contribution in [3.8, 4) is 0 Å². The van der Waals surface area contributed by atoms with Gasteiger partial charge in [-0.15, -0.1) is 0 Å². The summed E-state index contributed by atoms with van der Waals surface area (Å²) in [6.45, 7) is 0.993. The van der Waals surface area contributed by atoms with Gasteiger partial charge in [-0.2, -0.15) is 4.31 Å². The Hall–Kier alpha value is -3.57. The van der Waals surface area contributed by atoms with Crippen LogP contribution in [0.1, 0.15) is 31.1 Å². The first-order valence-corrected chi connectivity index (χ1v) is 12.9. The number of imide groups is 1. The fourth-order valence-electron chi connectivity index (χ4n) is 4.12. The Morgan fingerprint density at radius 1 is 0.889 bits per heavy atom. The quantitative estimate of drug-likeness (QED) is 0.511. The van der Waals surface area contributed by atoms with Crippen LogP contribution in [-0.4, -0.2) is 56.7 Å². The van der Waals surface area contributed by atoms with Gasteiger partial charge in [0.25, 0.3) is 17.7 Å². The summed E-state index contributed by atoms with van der Waals surface area (Å²) < 4.78 is 32.6. The Balaban J connectivity index is 1.39. The number of rotatable bonds is 5. The summed E-state index contributed by atoms with van der Waals surface area (Å²) in [6, 6.07) is 16.8. The van der Waals surface area contributed by atoms with Crippen molar-refractivity contribution in [2.24, 2.45) is 0 Å². The summed E-state index contributed by atoms with van der Waals surface area (Å²) in [6.07, 6.45) is 0. The van der Waals surface area contributed by atoms with Crippen molar-refractivity contribution in [1.82, 2.24) is 4.31 Å². The van der Waals surface area contributed by atoms with Gasteiger partial charge in [-0.25, -0.2) is 13.3 Å². The van der Waals surface area contributed by atoms with E-state index >= 15 is 0 Å². The molecule has 1 fully saturated rings. The van der Waals surface area contributed by atoms with Crippen molar-refractivity contribution in [3.05, 3.63) is 88.4 Å². The van der Waals surface area contributed by atoms with Crippen LogP contribution in [0.4, 0.5) is 11.4 Å². The number of anilines is 2. The highest BCUT2D eigenvalue weighted by Crippen LogP contribution is 2.30. The Bertz CT molecular complexity index is 1470. The average molecular weight is 526 g/mol. The summed E-state index contributed by atoms with van der Waals surface area (Å²) >= 11 is 6.19. The highest BCUT2D eigenvalue weighted by molar-refractivity contribution is 7.89. The van der Waals surface area contributed by atoms with Crippen LogP contribution in [0.3, 0.4) is 0 Å². The molecule has 2 aliphatic heterocycles. The zero-order valence-electron chi connectivity index (χ0n) is 18.8. The first-order valence-electron chi connectivity index (χ1n) is 11.0. The second-order valence-corrected chi connectivity index (χ2v) is 10.5. The molecule has 36 heavy (non-hydrogen) atoms. The van der Waals surface area contributed by atoms with Crippen LogP contribution in [0.2, 0.25) is 5.02 Å². The van der Waals surface area contributed by atoms with Gasteiger partial charge in [0.1, 0.15) is 4.90 Å². The van der Waals surface area contributed by atoms with Crippen LogP contribution >= 0.6 is 11.6 Å². The molecule has 1 saturated heterocycles. The van der Waals surface area contributed by atoms with E-state index in [2.05, 4.69) is 5.32 Å². The number of halogens is 1. The van der Waals surface area contributed by atoms with E-state index < -0.39 is 27.7 Å². The number of morpholine rings is 1. The van der Waals surface area contributed by atoms with Crippen LogP contribution in [0.15, 0.2) is 71.6 Å². The van der Waals surface area contributed by atoms with E-state index in [0.717, 1.165) is 4.90 Å². The molecule has 3 amide bonds. The molecule has 11 heteroatoms. The Morgan fingerprint density at radius 2 is 1.56 bits per heavy atom. The number of carbonyl (C=O) groups is 3. The van der Waals surface area contributed by atoms with E-state index in [1.54, 1.807) is 36.4 Å². The lowest BCUT2D eigenvalue weighted by Crippen LogP contribution is -2.40. The number of carbonyl (C=O) groups excluding carboxylic acids is 3. The summed E-state index contributed by atoms with van der Waals surface area (Å²) in [5, 5.41) is 2.70. The average Bonchev–Trinajstić information content (AvgIpc) is 3.15. The first-order chi connectivity index (χ1) is 17.3. The monoisotopic (exact) mass is 525 g/mol. The number of hydrogen-bond acceptors (Lipinski definition) is 6. The molecule has 3 aromatic rings.